The molecule has 2 rings (SSSR count). The molecule has 2 aromatic rings. The van der Waals surface area contributed by atoms with E-state index in [1.807, 2.05) is 18.2 Å². The molecule has 0 saturated heterocycles. The predicted octanol–water partition coefficient (Wildman–Crippen LogP) is 5.90. The summed E-state index contributed by atoms with van der Waals surface area (Å²) in [5, 5.41) is 4.80. The van der Waals surface area contributed by atoms with Crippen LogP contribution in [-0.4, -0.2) is 0 Å². The molecule has 0 aliphatic heterocycles. The fraction of sp³-hybridized carbons (Fsp3) is 0.294. The van der Waals surface area contributed by atoms with E-state index >= 15 is 0 Å². The van der Waals surface area contributed by atoms with Crippen molar-refractivity contribution in [1.29, 1.82) is 0 Å². The van der Waals surface area contributed by atoms with E-state index < -0.39 is 0 Å². The molecule has 1 nitrogen and oxygen atoms in total. The van der Waals surface area contributed by atoms with Gasteiger partial charge in [0.15, 0.2) is 0 Å². The lowest BCUT2D eigenvalue weighted by Crippen LogP contribution is -2.14. The van der Waals surface area contributed by atoms with Gasteiger partial charge in [0, 0.05) is 22.3 Å². The Bertz CT molecular complexity index is 580. The molecule has 0 amide bonds. The Labute approximate surface area is 130 Å². The number of hydrogen-bond donors (Lipinski definition) is 1. The van der Waals surface area contributed by atoms with Gasteiger partial charge in [-0.05, 0) is 40.8 Å². The highest BCUT2D eigenvalue weighted by Crippen LogP contribution is 2.29. The predicted molar refractivity (Wildman–Crippen MR) is 88.9 cm³/mol. The van der Waals surface area contributed by atoms with Gasteiger partial charge < -0.3 is 5.32 Å². The van der Waals surface area contributed by atoms with Crippen LogP contribution in [0.2, 0.25) is 10.0 Å². The third-order valence-electron chi connectivity index (χ3n) is 3.14. The topological polar surface area (TPSA) is 12.0 Å². The molecule has 0 unspecified atom stereocenters. The molecule has 0 radical (unpaired) electrons. The van der Waals surface area contributed by atoms with Crippen molar-refractivity contribution in [3.8, 4) is 0 Å². The average molecular weight is 308 g/mol. The maximum absolute atomic E-state index is 6.02. The van der Waals surface area contributed by atoms with Crippen molar-refractivity contribution >= 4 is 28.9 Å². The molecule has 20 heavy (non-hydrogen) atoms. The highest BCUT2D eigenvalue weighted by Gasteiger charge is 2.17. The number of benzene rings is 2. The van der Waals surface area contributed by atoms with Crippen LogP contribution in [0.25, 0.3) is 0 Å². The lowest BCUT2D eigenvalue weighted by atomic mass is 9.86. The van der Waals surface area contributed by atoms with Crippen molar-refractivity contribution in [1.82, 2.24) is 0 Å². The standard InChI is InChI=1S/C17H19Cl2N/c1-17(2,3)15-6-4-5-7-16(15)20-11-12-8-13(18)10-14(19)9-12/h4-10,20H,11H2,1-3H3. The van der Waals surface area contributed by atoms with Crippen LogP contribution in [0.1, 0.15) is 31.9 Å². The molecule has 0 aromatic heterocycles. The van der Waals surface area contributed by atoms with Crippen molar-refractivity contribution in [3.63, 3.8) is 0 Å². The molecule has 0 aliphatic rings. The van der Waals surface area contributed by atoms with E-state index in [1.54, 1.807) is 6.07 Å². The van der Waals surface area contributed by atoms with Crippen LogP contribution in [0.5, 0.6) is 0 Å². The molecule has 106 valence electrons. The minimum Gasteiger partial charge on any atom is -0.381 e. The van der Waals surface area contributed by atoms with E-state index in [-0.39, 0.29) is 5.41 Å². The Kier molecular flexibility index (Phi) is 4.62. The number of anilines is 1. The van der Waals surface area contributed by atoms with Crippen LogP contribution in [-0.2, 0) is 12.0 Å². The Hall–Kier alpha value is -1.18. The fourth-order valence-electron chi connectivity index (χ4n) is 2.20. The molecule has 0 heterocycles. The number of nitrogens with one attached hydrogen (secondary N) is 1. The monoisotopic (exact) mass is 307 g/mol. The second-order valence-corrected chi connectivity index (χ2v) is 6.80. The molecule has 2 aromatic carbocycles. The maximum atomic E-state index is 6.02. The van der Waals surface area contributed by atoms with Crippen molar-refractivity contribution in [3.05, 3.63) is 63.6 Å². The average Bonchev–Trinajstić information content (AvgIpc) is 2.34. The Balaban J connectivity index is 2.19. The third kappa shape index (κ3) is 3.91. The molecule has 1 N–H and O–H groups in total. The normalized spacial score (nSPS) is 11.4. The van der Waals surface area contributed by atoms with E-state index in [9.17, 15) is 0 Å². The SMILES string of the molecule is CC(C)(C)c1ccccc1NCc1cc(Cl)cc(Cl)c1. The summed E-state index contributed by atoms with van der Waals surface area (Å²) >= 11 is 12.0. The molecular weight excluding hydrogens is 289 g/mol. The van der Waals surface area contributed by atoms with Gasteiger partial charge >= 0.3 is 0 Å². The quantitative estimate of drug-likeness (QED) is 0.744. The summed E-state index contributed by atoms with van der Waals surface area (Å²) in [5.74, 6) is 0. The number of halogens is 2. The van der Waals surface area contributed by atoms with Gasteiger partial charge in [-0.3, -0.25) is 0 Å². The van der Waals surface area contributed by atoms with E-state index in [1.165, 1.54) is 5.56 Å². The Morgan fingerprint density at radius 1 is 0.950 bits per heavy atom. The van der Waals surface area contributed by atoms with Gasteiger partial charge in [0.1, 0.15) is 0 Å². The van der Waals surface area contributed by atoms with Gasteiger partial charge in [-0.15, -0.1) is 0 Å². The summed E-state index contributed by atoms with van der Waals surface area (Å²) in [4.78, 5) is 0. The van der Waals surface area contributed by atoms with Crippen LogP contribution in [0.15, 0.2) is 42.5 Å². The first-order valence-corrected chi connectivity index (χ1v) is 7.40. The summed E-state index contributed by atoms with van der Waals surface area (Å²) in [5.41, 5.74) is 3.63. The van der Waals surface area contributed by atoms with Crippen molar-refractivity contribution in [2.45, 2.75) is 32.7 Å². The molecule has 0 spiro atoms. The molecule has 0 saturated carbocycles. The van der Waals surface area contributed by atoms with Gasteiger partial charge in [-0.25, -0.2) is 0 Å². The summed E-state index contributed by atoms with van der Waals surface area (Å²) in [6.07, 6.45) is 0. The zero-order chi connectivity index (χ0) is 14.8. The molecule has 3 heteroatoms. The summed E-state index contributed by atoms with van der Waals surface area (Å²) < 4.78 is 0. The number of para-hydroxylation sites is 1. The zero-order valence-corrected chi connectivity index (χ0v) is 13.5. The summed E-state index contributed by atoms with van der Waals surface area (Å²) in [6.45, 7) is 7.34. The van der Waals surface area contributed by atoms with Crippen molar-refractivity contribution < 1.29 is 0 Å². The first kappa shape index (κ1) is 15.2. The zero-order valence-electron chi connectivity index (χ0n) is 12.0. The van der Waals surface area contributed by atoms with Gasteiger partial charge in [0.25, 0.3) is 0 Å². The number of rotatable bonds is 3. The van der Waals surface area contributed by atoms with E-state index in [0.717, 1.165) is 11.3 Å². The third-order valence-corrected chi connectivity index (χ3v) is 3.58. The second kappa shape index (κ2) is 6.07. The van der Waals surface area contributed by atoms with E-state index in [4.69, 9.17) is 23.2 Å². The molecular formula is C17H19Cl2N. The second-order valence-electron chi connectivity index (χ2n) is 5.93. The molecule has 0 fully saturated rings. The first-order chi connectivity index (χ1) is 9.36. The Morgan fingerprint density at radius 3 is 2.15 bits per heavy atom. The van der Waals surface area contributed by atoms with Gasteiger partial charge in [-0.1, -0.05) is 62.2 Å². The molecule has 0 aliphatic carbocycles. The van der Waals surface area contributed by atoms with Gasteiger partial charge in [0.05, 0.1) is 0 Å². The van der Waals surface area contributed by atoms with Crippen LogP contribution in [0.4, 0.5) is 5.69 Å². The van der Waals surface area contributed by atoms with E-state index in [2.05, 4.69) is 44.3 Å². The van der Waals surface area contributed by atoms with Crippen LogP contribution in [0.3, 0.4) is 0 Å². The molecule has 0 atom stereocenters. The summed E-state index contributed by atoms with van der Waals surface area (Å²) in [7, 11) is 0. The van der Waals surface area contributed by atoms with Crippen molar-refractivity contribution in [2.24, 2.45) is 0 Å². The van der Waals surface area contributed by atoms with Crippen molar-refractivity contribution in [2.75, 3.05) is 5.32 Å². The summed E-state index contributed by atoms with van der Waals surface area (Å²) in [6, 6.07) is 14.0. The highest BCUT2D eigenvalue weighted by molar-refractivity contribution is 6.34. The van der Waals surface area contributed by atoms with Crippen LogP contribution in [0, 0.1) is 0 Å². The fourth-order valence-corrected chi connectivity index (χ4v) is 2.77. The van der Waals surface area contributed by atoms with Crippen LogP contribution < -0.4 is 5.32 Å². The minimum absolute atomic E-state index is 0.107. The first-order valence-electron chi connectivity index (χ1n) is 6.64. The Morgan fingerprint density at radius 2 is 1.55 bits per heavy atom. The lowest BCUT2D eigenvalue weighted by Gasteiger charge is -2.23. The lowest BCUT2D eigenvalue weighted by molar-refractivity contribution is 0.591. The smallest absolute Gasteiger partial charge is 0.0424 e. The molecule has 0 bridgehead atoms. The largest absolute Gasteiger partial charge is 0.381 e. The maximum Gasteiger partial charge on any atom is 0.0424 e. The minimum atomic E-state index is 0.107. The number of hydrogen-bond acceptors (Lipinski definition) is 1. The van der Waals surface area contributed by atoms with Crippen LogP contribution >= 0.6 is 23.2 Å². The van der Waals surface area contributed by atoms with Gasteiger partial charge in [0.2, 0.25) is 0 Å². The highest BCUT2D eigenvalue weighted by atomic mass is 35.5. The van der Waals surface area contributed by atoms with E-state index in [0.29, 0.717) is 16.6 Å². The van der Waals surface area contributed by atoms with Gasteiger partial charge in [-0.2, -0.15) is 0 Å².